The molecule has 0 aromatic heterocycles. The molecule has 1 atom stereocenters. The minimum absolute atomic E-state index is 0.0121. The summed E-state index contributed by atoms with van der Waals surface area (Å²) in [5.74, 6) is -0.0728. The van der Waals surface area contributed by atoms with Crippen LogP contribution in [0.2, 0.25) is 0 Å². The number of carbonyl (C=O) groups excluding carboxylic acids is 1. The van der Waals surface area contributed by atoms with Gasteiger partial charge in [-0.1, -0.05) is 0 Å². The van der Waals surface area contributed by atoms with Gasteiger partial charge in [-0.05, 0) is 24.6 Å². The zero-order valence-electron chi connectivity index (χ0n) is 8.10. The van der Waals surface area contributed by atoms with E-state index in [0.29, 0.717) is 12.2 Å². The highest BCUT2D eigenvalue weighted by atomic mass is 16.6. The largest absolute Gasteiger partial charge is 0.356 e. The van der Waals surface area contributed by atoms with Crippen molar-refractivity contribution in [2.75, 3.05) is 6.61 Å². The van der Waals surface area contributed by atoms with Crippen molar-refractivity contribution in [3.63, 3.8) is 0 Å². The Hall–Kier alpha value is -1.75. The molecule has 15 heavy (non-hydrogen) atoms. The number of carbonyl (C=O) groups is 1. The lowest BCUT2D eigenvalue weighted by Gasteiger charge is -2.07. The first-order chi connectivity index (χ1) is 7.06. The van der Waals surface area contributed by atoms with Crippen LogP contribution < -0.4 is 0 Å². The molecule has 1 heterocycles. The smallest absolute Gasteiger partial charge is 0.269 e. The number of non-ortho nitro benzene ring substituents is 1. The van der Waals surface area contributed by atoms with Crippen molar-refractivity contribution in [3.05, 3.63) is 39.9 Å². The Morgan fingerprint density at radius 2 is 2.00 bits per heavy atom. The Bertz CT molecular complexity index is 420. The summed E-state index contributed by atoms with van der Waals surface area (Å²) in [7, 11) is 0. The average Bonchev–Trinajstić information content (AvgIpc) is 2.98. The molecule has 1 aliphatic heterocycles. The van der Waals surface area contributed by atoms with Crippen molar-refractivity contribution in [2.45, 2.75) is 12.5 Å². The van der Waals surface area contributed by atoms with Crippen molar-refractivity contribution in [1.29, 1.82) is 0 Å². The van der Waals surface area contributed by atoms with Crippen molar-refractivity contribution in [2.24, 2.45) is 0 Å². The molecule has 0 radical (unpaired) electrons. The van der Waals surface area contributed by atoms with Gasteiger partial charge < -0.3 is 4.74 Å². The van der Waals surface area contributed by atoms with Crippen LogP contribution in [0, 0.1) is 10.1 Å². The molecule has 0 saturated carbocycles. The highest BCUT2D eigenvalue weighted by Gasteiger charge is 2.51. The third-order valence-electron chi connectivity index (χ3n) is 2.55. The third kappa shape index (κ3) is 1.50. The molecule has 5 nitrogen and oxygen atoms in total. The minimum atomic E-state index is -0.838. The maximum Gasteiger partial charge on any atom is 0.269 e. The Balaban J connectivity index is 2.32. The Morgan fingerprint density at radius 3 is 2.33 bits per heavy atom. The van der Waals surface area contributed by atoms with E-state index >= 15 is 0 Å². The van der Waals surface area contributed by atoms with Gasteiger partial charge in [0.05, 0.1) is 11.5 Å². The van der Waals surface area contributed by atoms with Gasteiger partial charge in [-0.15, -0.1) is 0 Å². The second-order valence-electron chi connectivity index (χ2n) is 3.48. The zero-order chi connectivity index (χ0) is 11.1. The molecule has 1 unspecified atom stereocenters. The number of nitro groups is 1. The van der Waals surface area contributed by atoms with E-state index in [1.54, 1.807) is 12.1 Å². The number of hydrogen-bond donors (Lipinski definition) is 0. The normalized spacial score (nSPS) is 23.5. The van der Waals surface area contributed by atoms with E-state index in [4.69, 9.17) is 4.74 Å². The van der Waals surface area contributed by atoms with Crippen molar-refractivity contribution >= 4 is 11.5 Å². The van der Waals surface area contributed by atoms with Gasteiger partial charge in [0.2, 0.25) is 0 Å². The highest BCUT2D eigenvalue weighted by molar-refractivity contribution is 5.88. The fourth-order valence-corrected chi connectivity index (χ4v) is 1.50. The first-order valence-electron chi connectivity index (χ1n) is 4.46. The molecule has 1 aliphatic rings. The molecule has 2 rings (SSSR count). The van der Waals surface area contributed by atoms with Gasteiger partial charge in [0.25, 0.3) is 5.69 Å². The lowest BCUT2D eigenvalue weighted by molar-refractivity contribution is -0.384. The topological polar surface area (TPSA) is 72.7 Å². The van der Waals surface area contributed by atoms with Crippen molar-refractivity contribution in [3.8, 4) is 0 Å². The van der Waals surface area contributed by atoms with E-state index in [9.17, 15) is 14.9 Å². The van der Waals surface area contributed by atoms with Gasteiger partial charge in [0.15, 0.2) is 11.4 Å². The number of epoxide rings is 1. The molecule has 0 amide bonds. The number of hydrogen-bond acceptors (Lipinski definition) is 4. The van der Waals surface area contributed by atoms with Crippen molar-refractivity contribution < 1.29 is 14.5 Å². The van der Waals surface area contributed by atoms with E-state index in [1.807, 2.05) is 0 Å². The van der Waals surface area contributed by atoms with Crippen LogP contribution in [0.25, 0.3) is 0 Å². The van der Waals surface area contributed by atoms with Gasteiger partial charge in [0.1, 0.15) is 0 Å². The van der Waals surface area contributed by atoms with E-state index in [-0.39, 0.29) is 11.5 Å². The first-order valence-corrected chi connectivity index (χ1v) is 4.46. The maximum atomic E-state index is 11.3. The number of benzene rings is 1. The number of ether oxygens (including phenoxy) is 1. The molecule has 1 saturated heterocycles. The van der Waals surface area contributed by atoms with Gasteiger partial charge >= 0.3 is 0 Å². The van der Waals surface area contributed by atoms with Crippen LogP contribution in [0.3, 0.4) is 0 Å². The molecule has 78 valence electrons. The third-order valence-corrected chi connectivity index (χ3v) is 2.55. The fraction of sp³-hybridized carbons (Fsp3) is 0.300. The van der Waals surface area contributed by atoms with Crippen molar-refractivity contribution in [1.82, 2.24) is 0 Å². The first kappa shape index (κ1) is 9.79. The molecular weight excluding hydrogens is 198 g/mol. The van der Waals surface area contributed by atoms with Gasteiger partial charge in [0, 0.05) is 12.1 Å². The Morgan fingerprint density at radius 1 is 1.47 bits per heavy atom. The zero-order valence-corrected chi connectivity index (χ0v) is 8.10. The quantitative estimate of drug-likeness (QED) is 0.426. The maximum absolute atomic E-state index is 11.3. The summed E-state index contributed by atoms with van der Waals surface area (Å²) in [5.41, 5.74) is -0.145. The number of ketones is 1. The molecule has 0 aliphatic carbocycles. The standard InChI is InChI=1S/C10H9NO4/c1-7(12)10(6-15-10)8-2-4-9(5-3-8)11(13)14/h2-5H,6H2,1H3. The summed E-state index contributed by atoms with van der Waals surface area (Å²) < 4.78 is 5.12. The van der Waals surface area contributed by atoms with Gasteiger partial charge in [-0.3, -0.25) is 14.9 Å². The summed E-state index contributed by atoms with van der Waals surface area (Å²) in [6, 6.07) is 5.88. The van der Waals surface area contributed by atoms with Crippen LogP contribution in [0.15, 0.2) is 24.3 Å². The van der Waals surface area contributed by atoms with Crippen LogP contribution in [0.5, 0.6) is 0 Å². The summed E-state index contributed by atoms with van der Waals surface area (Å²) >= 11 is 0. The fourth-order valence-electron chi connectivity index (χ4n) is 1.50. The monoisotopic (exact) mass is 207 g/mol. The summed E-state index contributed by atoms with van der Waals surface area (Å²) in [5, 5.41) is 10.4. The molecule has 0 bridgehead atoms. The second-order valence-corrected chi connectivity index (χ2v) is 3.48. The van der Waals surface area contributed by atoms with Crippen LogP contribution in [0.4, 0.5) is 5.69 Å². The SMILES string of the molecule is CC(=O)C1(c2ccc([N+](=O)[O-])cc2)CO1. The lowest BCUT2D eigenvalue weighted by atomic mass is 9.96. The molecule has 1 fully saturated rings. The molecule has 0 spiro atoms. The molecule has 0 N–H and O–H groups in total. The number of Topliss-reactive ketones (excluding diaryl/α,β-unsaturated/α-hetero) is 1. The summed E-state index contributed by atoms with van der Waals surface area (Å²) in [6.45, 7) is 1.81. The van der Waals surface area contributed by atoms with Gasteiger partial charge in [-0.2, -0.15) is 0 Å². The summed E-state index contributed by atoms with van der Waals surface area (Å²) in [6.07, 6.45) is 0. The molecular formula is C10H9NO4. The van der Waals surface area contributed by atoms with E-state index in [2.05, 4.69) is 0 Å². The van der Waals surface area contributed by atoms with E-state index < -0.39 is 10.5 Å². The minimum Gasteiger partial charge on any atom is -0.356 e. The molecule has 5 heteroatoms. The second kappa shape index (κ2) is 3.13. The number of rotatable bonds is 3. The van der Waals surface area contributed by atoms with Crippen LogP contribution >= 0.6 is 0 Å². The van der Waals surface area contributed by atoms with Gasteiger partial charge in [-0.25, -0.2) is 0 Å². The predicted octanol–water partition coefficient (Wildman–Crippen LogP) is 1.41. The predicted molar refractivity (Wildman–Crippen MR) is 51.4 cm³/mol. The van der Waals surface area contributed by atoms with Crippen LogP contribution in [-0.2, 0) is 15.1 Å². The average molecular weight is 207 g/mol. The Kier molecular flexibility index (Phi) is 2.04. The highest BCUT2D eigenvalue weighted by Crippen LogP contribution is 2.39. The lowest BCUT2D eigenvalue weighted by Crippen LogP contribution is -2.18. The van der Waals surface area contributed by atoms with Crippen LogP contribution in [-0.4, -0.2) is 17.3 Å². The Labute approximate surface area is 85.8 Å². The molecule has 1 aromatic rings. The molecule has 1 aromatic carbocycles. The van der Waals surface area contributed by atoms with Crippen LogP contribution in [0.1, 0.15) is 12.5 Å². The summed E-state index contributed by atoms with van der Waals surface area (Å²) in [4.78, 5) is 21.2. The van der Waals surface area contributed by atoms with E-state index in [0.717, 1.165) is 0 Å². The van der Waals surface area contributed by atoms with E-state index in [1.165, 1.54) is 19.1 Å². The number of nitro benzene ring substituents is 1. The number of nitrogens with zero attached hydrogens (tertiary/aromatic N) is 1.